The Hall–Kier alpha value is -6.30. The monoisotopic (exact) mass is 642 g/mol. The molecule has 0 bridgehead atoms. The molecule has 0 spiro atoms. The van der Waals surface area contributed by atoms with Gasteiger partial charge >= 0.3 is 0 Å². The molecule has 4 heterocycles. The van der Waals surface area contributed by atoms with Crippen LogP contribution in [-0.4, -0.2) is 19.1 Å². The van der Waals surface area contributed by atoms with Gasteiger partial charge in [-0.3, -0.25) is 4.57 Å². The quantitative estimate of drug-likeness (QED) is 0.192. The molecule has 0 radical (unpaired) electrons. The van der Waals surface area contributed by atoms with Gasteiger partial charge in [-0.25, -0.2) is 9.97 Å². The van der Waals surface area contributed by atoms with E-state index in [1.807, 2.05) is 11.3 Å². The largest absolute Gasteiger partial charge is 0.306 e. The maximum Gasteiger partial charge on any atom is 0.235 e. The van der Waals surface area contributed by atoms with Crippen molar-refractivity contribution in [2.45, 2.75) is 0 Å². The van der Waals surface area contributed by atoms with Crippen molar-refractivity contribution >= 4 is 86.0 Å². The smallest absolute Gasteiger partial charge is 0.235 e. The third-order valence-electron chi connectivity index (χ3n) is 9.89. The van der Waals surface area contributed by atoms with Crippen molar-refractivity contribution in [2.24, 2.45) is 0 Å². The Morgan fingerprint density at radius 3 is 1.94 bits per heavy atom. The first-order valence-corrected chi connectivity index (χ1v) is 17.3. The van der Waals surface area contributed by atoms with Crippen molar-refractivity contribution in [3.63, 3.8) is 0 Å². The van der Waals surface area contributed by atoms with Crippen LogP contribution in [0.15, 0.2) is 158 Å². The van der Waals surface area contributed by atoms with E-state index in [1.165, 1.54) is 41.7 Å². The minimum atomic E-state index is 0.665. The fraction of sp³-hybridized carbons (Fsp3) is 0. The number of thiophene rings is 1. The first kappa shape index (κ1) is 26.7. The van der Waals surface area contributed by atoms with Crippen LogP contribution < -0.4 is 0 Å². The van der Waals surface area contributed by atoms with Gasteiger partial charge in [0.2, 0.25) is 5.95 Å². The zero-order chi connectivity index (χ0) is 32.1. The maximum atomic E-state index is 5.54. The van der Waals surface area contributed by atoms with E-state index in [9.17, 15) is 0 Å². The Balaban J connectivity index is 1.33. The highest BCUT2D eigenvalue weighted by molar-refractivity contribution is 7.25. The number of para-hydroxylation sites is 2. The highest BCUT2D eigenvalue weighted by Gasteiger charge is 2.24. The summed E-state index contributed by atoms with van der Waals surface area (Å²) in [7, 11) is 0. The molecule has 0 fully saturated rings. The molecular weight excluding hydrogens is 617 g/mol. The summed E-state index contributed by atoms with van der Waals surface area (Å²) in [5, 5.41) is 8.46. The lowest BCUT2D eigenvalue weighted by Crippen LogP contribution is -2.04. The van der Waals surface area contributed by atoms with Gasteiger partial charge in [0.15, 0.2) is 0 Å². The highest BCUT2D eigenvalue weighted by atomic mass is 32.1. The fourth-order valence-electron chi connectivity index (χ4n) is 7.71. The molecule has 0 aliphatic carbocycles. The predicted molar refractivity (Wildman–Crippen MR) is 207 cm³/mol. The molecule has 0 aliphatic heterocycles. The Bertz CT molecular complexity index is 3100. The topological polar surface area (TPSA) is 35.6 Å². The van der Waals surface area contributed by atoms with Crippen molar-refractivity contribution in [1.29, 1.82) is 0 Å². The summed E-state index contributed by atoms with van der Waals surface area (Å²) >= 11 is 1.84. The number of hydrogen-bond acceptors (Lipinski definition) is 3. The van der Waals surface area contributed by atoms with Gasteiger partial charge in [-0.05, 0) is 59.3 Å². The van der Waals surface area contributed by atoms with E-state index in [1.54, 1.807) is 0 Å². The first-order chi connectivity index (χ1) is 24.3. The molecule has 228 valence electrons. The molecule has 49 heavy (non-hydrogen) atoms. The van der Waals surface area contributed by atoms with E-state index in [2.05, 4.69) is 167 Å². The van der Waals surface area contributed by atoms with E-state index in [-0.39, 0.29) is 0 Å². The summed E-state index contributed by atoms with van der Waals surface area (Å²) in [6.07, 6.45) is 0. The molecule has 0 unspecified atom stereocenters. The third-order valence-corrected chi connectivity index (χ3v) is 11.0. The van der Waals surface area contributed by atoms with E-state index < -0.39 is 0 Å². The summed E-state index contributed by atoms with van der Waals surface area (Å²) in [6.45, 7) is 0. The van der Waals surface area contributed by atoms with Crippen molar-refractivity contribution in [2.75, 3.05) is 0 Å². The Kier molecular flexibility index (Phi) is 5.51. The average Bonchev–Trinajstić information content (AvgIpc) is 3.80. The number of rotatable bonds is 3. The van der Waals surface area contributed by atoms with Crippen LogP contribution in [-0.2, 0) is 0 Å². The van der Waals surface area contributed by atoms with E-state index >= 15 is 0 Å². The molecule has 0 aliphatic rings. The second-order valence-electron chi connectivity index (χ2n) is 12.6. The molecule has 0 saturated heterocycles. The van der Waals surface area contributed by atoms with Gasteiger partial charge in [-0.15, -0.1) is 11.3 Å². The van der Waals surface area contributed by atoms with Crippen LogP contribution in [0.5, 0.6) is 0 Å². The molecule has 4 nitrogen and oxygen atoms in total. The van der Waals surface area contributed by atoms with Gasteiger partial charge in [-0.1, -0.05) is 109 Å². The van der Waals surface area contributed by atoms with Gasteiger partial charge in [-0.2, -0.15) is 0 Å². The molecule has 11 aromatic rings. The summed E-state index contributed by atoms with van der Waals surface area (Å²) in [4.78, 5) is 11.1. The van der Waals surface area contributed by atoms with Crippen LogP contribution in [0.1, 0.15) is 0 Å². The predicted octanol–water partition coefficient (Wildman–Crippen LogP) is 11.9. The van der Waals surface area contributed by atoms with Crippen molar-refractivity contribution in [3.8, 4) is 22.9 Å². The standard InChI is InChI=1S/C44H26N4S/c1-3-13-27(14-4-1)41-43-42(35-23-28-15-7-8-16-29(28)24-37(35)47(43)30-17-5-2-6-18-30)46-44(45-41)48-36-21-11-9-19-31(36)33-25-34-32-20-10-12-22-39(32)49-40(34)26-38(33)48/h1-26H. The number of hydrogen-bond donors (Lipinski definition) is 0. The molecule has 4 aromatic heterocycles. The Morgan fingerprint density at radius 1 is 0.429 bits per heavy atom. The second-order valence-corrected chi connectivity index (χ2v) is 13.7. The van der Waals surface area contributed by atoms with Gasteiger partial charge in [0.1, 0.15) is 11.2 Å². The second kappa shape index (κ2) is 10.1. The first-order valence-electron chi connectivity index (χ1n) is 16.5. The molecular formula is C44H26N4S. The Labute approximate surface area is 284 Å². The minimum Gasteiger partial charge on any atom is -0.306 e. The maximum absolute atomic E-state index is 5.54. The molecule has 0 atom stereocenters. The van der Waals surface area contributed by atoms with E-state index in [4.69, 9.17) is 9.97 Å². The molecule has 0 N–H and O–H groups in total. The molecule has 7 aromatic carbocycles. The van der Waals surface area contributed by atoms with Crippen molar-refractivity contribution < 1.29 is 0 Å². The summed E-state index contributed by atoms with van der Waals surface area (Å²) < 4.78 is 7.17. The molecule has 5 heteroatoms. The van der Waals surface area contributed by atoms with Gasteiger partial charge in [0.25, 0.3) is 0 Å². The fourth-order valence-corrected chi connectivity index (χ4v) is 8.83. The third kappa shape index (κ3) is 3.85. The van der Waals surface area contributed by atoms with E-state index in [0.717, 1.165) is 49.9 Å². The van der Waals surface area contributed by atoms with Gasteiger partial charge in [0, 0.05) is 47.6 Å². The van der Waals surface area contributed by atoms with Gasteiger partial charge in [0.05, 0.1) is 22.1 Å². The number of aromatic nitrogens is 4. The van der Waals surface area contributed by atoms with Crippen LogP contribution in [0.4, 0.5) is 0 Å². The highest BCUT2D eigenvalue weighted by Crippen LogP contribution is 2.42. The molecule has 0 saturated carbocycles. The average molecular weight is 643 g/mol. The lowest BCUT2D eigenvalue weighted by atomic mass is 10.1. The van der Waals surface area contributed by atoms with Crippen molar-refractivity contribution in [3.05, 3.63) is 158 Å². The van der Waals surface area contributed by atoms with Crippen LogP contribution >= 0.6 is 11.3 Å². The number of fused-ring (bicyclic) bond motifs is 10. The zero-order valence-corrected chi connectivity index (χ0v) is 27.0. The van der Waals surface area contributed by atoms with Crippen LogP contribution in [0, 0.1) is 0 Å². The summed E-state index contributed by atoms with van der Waals surface area (Å²) in [5.74, 6) is 0.665. The molecule has 11 rings (SSSR count). The minimum absolute atomic E-state index is 0.665. The van der Waals surface area contributed by atoms with Gasteiger partial charge < -0.3 is 4.57 Å². The normalized spacial score (nSPS) is 12.1. The Morgan fingerprint density at radius 2 is 1.10 bits per heavy atom. The lowest BCUT2D eigenvalue weighted by molar-refractivity contribution is 1.01. The number of benzene rings is 7. The van der Waals surface area contributed by atoms with E-state index in [0.29, 0.717) is 5.95 Å². The molecule has 0 amide bonds. The van der Waals surface area contributed by atoms with Crippen LogP contribution in [0.2, 0.25) is 0 Å². The lowest BCUT2D eigenvalue weighted by Gasteiger charge is -2.13. The SMILES string of the molecule is c1ccc(-c2nc(-n3c4ccccc4c4cc5c(cc43)sc3ccccc35)nc3c4cc5ccccc5cc4n(-c4ccccc4)c23)cc1. The summed E-state index contributed by atoms with van der Waals surface area (Å²) in [6, 6.07) is 56.4. The summed E-state index contributed by atoms with van der Waals surface area (Å²) in [5.41, 5.74) is 8.27. The van der Waals surface area contributed by atoms with Crippen molar-refractivity contribution in [1.82, 2.24) is 19.1 Å². The van der Waals surface area contributed by atoms with Crippen LogP contribution in [0.25, 0.3) is 97.6 Å². The number of nitrogens with zero attached hydrogens (tertiary/aromatic N) is 4. The van der Waals surface area contributed by atoms with Crippen LogP contribution in [0.3, 0.4) is 0 Å². The zero-order valence-electron chi connectivity index (χ0n) is 26.2.